The normalized spacial score (nSPS) is 19.1. The molecule has 0 spiro atoms. The Labute approximate surface area is 234 Å². The number of aromatic nitrogens is 2. The van der Waals surface area contributed by atoms with Crippen molar-refractivity contribution >= 4 is 34.6 Å². The molecule has 2 fully saturated rings. The molecule has 0 unspecified atom stereocenters. The van der Waals surface area contributed by atoms with Crippen LogP contribution in [0.4, 0.5) is 16.3 Å². The van der Waals surface area contributed by atoms with Crippen molar-refractivity contribution in [1.82, 2.24) is 14.5 Å². The monoisotopic (exact) mass is 544 g/mol. The van der Waals surface area contributed by atoms with Crippen molar-refractivity contribution < 1.29 is 19.1 Å². The Hall–Kier alpha value is -4.26. The van der Waals surface area contributed by atoms with Crippen molar-refractivity contribution in [2.75, 3.05) is 50.1 Å². The van der Waals surface area contributed by atoms with Gasteiger partial charge in [-0.2, -0.15) is 5.26 Å². The van der Waals surface area contributed by atoms with E-state index in [9.17, 15) is 14.9 Å². The largest absolute Gasteiger partial charge is 0.465 e. The molecular formula is C30H36N6O4. The molecule has 1 amide bonds. The van der Waals surface area contributed by atoms with E-state index in [1.165, 1.54) is 7.11 Å². The van der Waals surface area contributed by atoms with Gasteiger partial charge in [-0.3, -0.25) is 0 Å². The first kappa shape index (κ1) is 27.3. The van der Waals surface area contributed by atoms with Crippen LogP contribution in [0.5, 0.6) is 0 Å². The van der Waals surface area contributed by atoms with E-state index in [0.29, 0.717) is 11.1 Å². The number of pyridine rings is 1. The summed E-state index contributed by atoms with van der Waals surface area (Å²) in [6, 6.07) is 14.0. The maximum atomic E-state index is 12.5. The number of esters is 1. The van der Waals surface area contributed by atoms with Crippen molar-refractivity contribution in [2.24, 2.45) is 0 Å². The molecule has 5 rings (SSSR count). The maximum Gasteiger partial charge on any atom is 0.410 e. The van der Waals surface area contributed by atoms with Gasteiger partial charge in [-0.15, -0.1) is 0 Å². The number of hydrogen-bond acceptors (Lipinski definition) is 8. The molecule has 40 heavy (non-hydrogen) atoms. The summed E-state index contributed by atoms with van der Waals surface area (Å²) in [5, 5.41) is 10.6. The fourth-order valence-electron chi connectivity index (χ4n) is 5.36. The lowest BCUT2D eigenvalue weighted by Crippen LogP contribution is -2.47. The molecule has 1 aliphatic heterocycles. The van der Waals surface area contributed by atoms with Crippen LogP contribution in [0.15, 0.2) is 42.6 Å². The Morgan fingerprint density at radius 1 is 1.02 bits per heavy atom. The van der Waals surface area contributed by atoms with Crippen molar-refractivity contribution in [3.05, 3.63) is 53.7 Å². The van der Waals surface area contributed by atoms with Crippen molar-refractivity contribution in [3.63, 3.8) is 0 Å². The molecule has 10 nitrogen and oxygen atoms in total. The Kier molecular flexibility index (Phi) is 7.32. The molecule has 0 bridgehead atoms. The predicted molar refractivity (Wildman–Crippen MR) is 153 cm³/mol. The van der Waals surface area contributed by atoms with Gasteiger partial charge in [0.05, 0.1) is 18.2 Å². The maximum absolute atomic E-state index is 12.5. The van der Waals surface area contributed by atoms with E-state index in [4.69, 9.17) is 14.5 Å². The van der Waals surface area contributed by atoms with Gasteiger partial charge in [-0.05, 0) is 70.0 Å². The molecule has 2 aliphatic rings. The highest BCUT2D eigenvalue weighted by atomic mass is 16.6. The third-order valence-corrected chi connectivity index (χ3v) is 7.75. The average molecular weight is 545 g/mol. The SMILES string of the molecule is COC(=O)c1ccc(N2CCN(c3ccc4c(C#N)cn(C5CC(N(C)C(=O)OC(C)(C)C)C5)c4n3)CC2)cc1. The van der Waals surface area contributed by atoms with Crippen LogP contribution in [0.25, 0.3) is 11.0 Å². The Morgan fingerprint density at radius 2 is 1.68 bits per heavy atom. The molecule has 210 valence electrons. The topological polar surface area (TPSA) is 104 Å². The number of ether oxygens (including phenoxy) is 2. The number of amides is 1. The van der Waals surface area contributed by atoms with E-state index in [-0.39, 0.29) is 24.1 Å². The Bertz CT molecular complexity index is 1440. The second kappa shape index (κ2) is 10.7. The van der Waals surface area contributed by atoms with Crippen LogP contribution in [0.2, 0.25) is 0 Å². The zero-order chi connectivity index (χ0) is 28.6. The van der Waals surface area contributed by atoms with Gasteiger partial charge in [-0.1, -0.05) is 0 Å². The zero-order valence-corrected chi connectivity index (χ0v) is 23.8. The number of carbonyl (C=O) groups is 2. The number of fused-ring (bicyclic) bond motifs is 1. The molecule has 0 radical (unpaired) electrons. The minimum Gasteiger partial charge on any atom is -0.465 e. The zero-order valence-electron chi connectivity index (χ0n) is 23.8. The van der Waals surface area contributed by atoms with E-state index in [2.05, 4.69) is 20.4 Å². The summed E-state index contributed by atoms with van der Waals surface area (Å²) in [4.78, 5) is 35.5. The summed E-state index contributed by atoms with van der Waals surface area (Å²) in [6.45, 7) is 8.84. The van der Waals surface area contributed by atoms with Gasteiger partial charge in [0.1, 0.15) is 23.1 Å². The van der Waals surface area contributed by atoms with Crippen LogP contribution >= 0.6 is 0 Å². The van der Waals surface area contributed by atoms with Gasteiger partial charge in [0.15, 0.2) is 0 Å². The highest BCUT2D eigenvalue weighted by molar-refractivity contribution is 5.89. The molecule has 0 atom stereocenters. The van der Waals surface area contributed by atoms with Crippen LogP contribution in [0.3, 0.4) is 0 Å². The quantitative estimate of drug-likeness (QED) is 0.430. The second-order valence-electron chi connectivity index (χ2n) is 11.5. The van der Waals surface area contributed by atoms with Crippen LogP contribution < -0.4 is 9.80 Å². The first-order valence-corrected chi connectivity index (χ1v) is 13.6. The fraction of sp³-hybridized carbons (Fsp3) is 0.467. The number of nitrogens with zero attached hydrogens (tertiary/aromatic N) is 6. The Balaban J connectivity index is 1.27. The van der Waals surface area contributed by atoms with E-state index in [1.807, 2.05) is 51.2 Å². The summed E-state index contributed by atoms with van der Waals surface area (Å²) in [5.74, 6) is 0.549. The van der Waals surface area contributed by atoms with Gasteiger partial charge >= 0.3 is 12.1 Å². The summed E-state index contributed by atoms with van der Waals surface area (Å²) in [5.41, 5.74) is 2.49. The number of piperazine rings is 1. The highest BCUT2D eigenvalue weighted by Crippen LogP contribution is 2.39. The Morgan fingerprint density at radius 3 is 2.27 bits per heavy atom. The van der Waals surface area contributed by atoms with Crippen LogP contribution in [-0.2, 0) is 9.47 Å². The number of benzene rings is 1. The molecule has 1 saturated heterocycles. The van der Waals surface area contributed by atoms with Crippen LogP contribution in [0.1, 0.15) is 55.6 Å². The first-order chi connectivity index (χ1) is 19.1. The van der Waals surface area contributed by atoms with Crippen molar-refractivity contribution in [2.45, 2.75) is 51.3 Å². The van der Waals surface area contributed by atoms with E-state index in [1.54, 1.807) is 24.1 Å². The third-order valence-electron chi connectivity index (χ3n) is 7.75. The number of hydrogen-bond donors (Lipinski definition) is 0. The summed E-state index contributed by atoms with van der Waals surface area (Å²) >= 11 is 0. The summed E-state index contributed by atoms with van der Waals surface area (Å²) in [7, 11) is 3.17. The van der Waals surface area contributed by atoms with Gasteiger partial charge in [0, 0.05) is 62.6 Å². The van der Waals surface area contributed by atoms with E-state index >= 15 is 0 Å². The number of carbonyl (C=O) groups excluding carboxylic acids is 2. The molecule has 0 N–H and O–H groups in total. The lowest BCUT2D eigenvalue weighted by atomic mass is 9.85. The van der Waals surface area contributed by atoms with E-state index in [0.717, 1.165) is 61.6 Å². The molecular weight excluding hydrogens is 508 g/mol. The smallest absolute Gasteiger partial charge is 0.410 e. The van der Waals surface area contributed by atoms with Crippen LogP contribution in [-0.4, -0.2) is 78.5 Å². The molecule has 10 heteroatoms. The number of anilines is 2. The van der Waals surface area contributed by atoms with Gasteiger partial charge in [0.25, 0.3) is 0 Å². The molecule has 3 aromatic rings. The molecule has 3 heterocycles. The molecule has 1 saturated carbocycles. The average Bonchev–Trinajstić information content (AvgIpc) is 3.28. The second-order valence-corrected chi connectivity index (χ2v) is 11.5. The van der Waals surface area contributed by atoms with Gasteiger partial charge < -0.3 is 28.7 Å². The molecule has 2 aromatic heterocycles. The standard InChI is InChI=1S/C30H36N6O4/c1-30(2,3)40-29(38)33(4)23-16-24(17-23)36-19-21(18-31)25-10-11-26(32-27(25)36)35-14-12-34(13-15-35)22-8-6-20(7-9-22)28(37)39-5/h6-11,19,23-24H,12-17H2,1-5H3. The number of nitriles is 1. The van der Waals surface area contributed by atoms with Crippen LogP contribution in [0, 0.1) is 11.3 Å². The highest BCUT2D eigenvalue weighted by Gasteiger charge is 2.38. The first-order valence-electron chi connectivity index (χ1n) is 13.6. The van der Waals surface area contributed by atoms with E-state index < -0.39 is 5.60 Å². The fourth-order valence-corrected chi connectivity index (χ4v) is 5.36. The number of rotatable bonds is 5. The summed E-state index contributed by atoms with van der Waals surface area (Å²) in [6.07, 6.45) is 3.14. The minimum absolute atomic E-state index is 0.0841. The molecule has 1 aromatic carbocycles. The van der Waals surface area contributed by atoms with Crippen molar-refractivity contribution in [3.8, 4) is 6.07 Å². The predicted octanol–water partition coefficient (Wildman–Crippen LogP) is 4.59. The van der Waals surface area contributed by atoms with Crippen molar-refractivity contribution in [1.29, 1.82) is 5.26 Å². The molecule has 1 aliphatic carbocycles. The minimum atomic E-state index is -0.534. The third kappa shape index (κ3) is 5.41. The lowest BCUT2D eigenvalue weighted by Gasteiger charge is -2.42. The number of methoxy groups -OCH3 is 1. The lowest BCUT2D eigenvalue weighted by molar-refractivity contribution is 0.00807. The summed E-state index contributed by atoms with van der Waals surface area (Å²) < 4.78 is 12.4. The van der Waals surface area contributed by atoms with Gasteiger partial charge in [-0.25, -0.2) is 14.6 Å². The van der Waals surface area contributed by atoms with Gasteiger partial charge in [0.2, 0.25) is 0 Å².